The normalized spacial score (nSPS) is 10.7. The van der Waals surface area contributed by atoms with Crippen LogP contribution in [0.25, 0.3) is 0 Å². The van der Waals surface area contributed by atoms with Crippen LogP contribution in [0.4, 0.5) is 0 Å². The number of hydrogen-bond donors (Lipinski definition) is 4. The van der Waals surface area contributed by atoms with Gasteiger partial charge in [0, 0.05) is 12.4 Å². The van der Waals surface area contributed by atoms with Gasteiger partial charge in [0.2, 0.25) is 0 Å². The van der Waals surface area contributed by atoms with E-state index in [9.17, 15) is 0 Å². The molecule has 0 saturated carbocycles. The summed E-state index contributed by atoms with van der Waals surface area (Å²) in [7, 11) is 0. The Morgan fingerprint density at radius 3 is 2.57 bits per heavy atom. The molecule has 0 atom stereocenters. The van der Waals surface area contributed by atoms with Crippen LogP contribution in [0.5, 0.6) is 0 Å². The van der Waals surface area contributed by atoms with Gasteiger partial charge in [0.05, 0.1) is 5.70 Å². The molecule has 0 unspecified atom stereocenters. The number of hydroxylamine groups is 1. The van der Waals surface area contributed by atoms with E-state index in [0.29, 0.717) is 0 Å². The predicted octanol–water partition coefficient (Wildman–Crippen LogP) is -0.585. The Balaban J connectivity index is 3.49. The van der Waals surface area contributed by atoms with Crippen LogP contribution in [-0.2, 0) is 0 Å². The average Bonchev–Trinajstić information content (AvgIpc) is 1.68. The molecule has 4 nitrogen and oxygen atoms in total. The summed E-state index contributed by atoms with van der Waals surface area (Å²) in [6.45, 7) is 0. The Morgan fingerprint density at radius 2 is 2.43 bits per heavy atom. The van der Waals surface area contributed by atoms with Gasteiger partial charge in [-0.1, -0.05) is 0 Å². The minimum absolute atomic E-state index is 0.183. The second-order valence-corrected chi connectivity index (χ2v) is 0.918. The lowest BCUT2D eigenvalue weighted by Gasteiger charge is -1.85. The van der Waals surface area contributed by atoms with Gasteiger partial charge in [0.15, 0.2) is 0 Å². The molecule has 0 amide bonds. The van der Waals surface area contributed by atoms with E-state index in [-0.39, 0.29) is 5.70 Å². The second-order valence-electron chi connectivity index (χ2n) is 0.918. The van der Waals surface area contributed by atoms with E-state index < -0.39 is 0 Å². The first-order valence-electron chi connectivity index (χ1n) is 1.67. The molecule has 0 rings (SSSR count). The van der Waals surface area contributed by atoms with Crippen LogP contribution < -0.4 is 11.2 Å². The molecule has 0 spiro atoms. The van der Waals surface area contributed by atoms with Gasteiger partial charge < -0.3 is 11.1 Å². The van der Waals surface area contributed by atoms with Gasteiger partial charge in [-0.2, -0.15) is 0 Å². The van der Waals surface area contributed by atoms with Gasteiger partial charge in [-0.15, -0.1) is 0 Å². The molecule has 5 N–H and O–H groups in total. The van der Waals surface area contributed by atoms with Crippen LogP contribution in [0, 0.1) is 5.41 Å². The molecular formula is C3H7N3O. The molecule has 0 fully saturated rings. The van der Waals surface area contributed by atoms with Crippen molar-refractivity contribution in [3.8, 4) is 0 Å². The third-order valence-corrected chi connectivity index (χ3v) is 0.398. The van der Waals surface area contributed by atoms with Gasteiger partial charge in [0.25, 0.3) is 0 Å². The minimum atomic E-state index is 0.183. The van der Waals surface area contributed by atoms with Crippen molar-refractivity contribution in [2.45, 2.75) is 0 Å². The number of nitrogens with two attached hydrogens (primary N) is 1. The summed E-state index contributed by atoms with van der Waals surface area (Å²) in [6.07, 6.45) is 2.02. The van der Waals surface area contributed by atoms with E-state index in [4.69, 9.17) is 16.4 Å². The average molecular weight is 101 g/mol. The number of rotatable bonds is 2. The molecule has 0 aromatic rings. The summed E-state index contributed by atoms with van der Waals surface area (Å²) in [5, 5.41) is 14.3. The fourth-order valence-corrected chi connectivity index (χ4v) is 0.116. The molecule has 0 bridgehead atoms. The summed E-state index contributed by atoms with van der Waals surface area (Å²) < 4.78 is 0. The third kappa shape index (κ3) is 2.78. The van der Waals surface area contributed by atoms with E-state index in [1.54, 1.807) is 5.48 Å². The lowest BCUT2D eigenvalue weighted by molar-refractivity contribution is 0.214. The Morgan fingerprint density at radius 1 is 1.86 bits per heavy atom. The van der Waals surface area contributed by atoms with Crippen molar-refractivity contribution in [3.63, 3.8) is 0 Å². The first kappa shape index (κ1) is 5.97. The van der Waals surface area contributed by atoms with Crippen LogP contribution in [0.2, 0.25) is 0 Å². The number of hydrogen-bond acceptors (Lipinski definition) is 4. The fourth-order valence-electron chi connectivity index (χ4n) is 0.116. The number of nitrogens with one attached hydrogen (secondary N) is 2. The van der Waals surface area contributed by atoms with Gasteiger partial charge in [-0.3, -0.25) is 10.7 Å². The summed E-state index contributed by atoms with van der Waals surface area (Å²) >= 11 is 0. The molecule has 0 aliphatic heterocycles. The second kappa shape index (κ2) is 3.17. The van der Waals surface area contributed by atoms with Crippen LogP contribution in [0.1, 0.15) is 0 Å². The fraction of sp³-hybridized carbons (Fsp3) is 0. The van der Waals surface area contributed by atoms with Crippen LogP contribution in [0.3, 0.4) is 0 Å². The summed E-state index contributed by atoms with van der Waals surface area (Å²) in [6, 6.07) is 0. The quantitative estimate of drug-likeness (QED) is 0.277. The van der Waals surface area contributed by atoms with Crippen molar-refractivity contribution >= 4 is 6.21 Å². The molecule has 0 saturated heterocycles. The Labute approximate surface area is 41.1 Å². The van der Waals surface area contributed by atoms with Crippen molar-refractivity contribution in [2.24, 2.45) is 5.73 Å². The van der Waals surface area contributed by atoms with Crippen molar-refractivity contribution < 1.29 is 5.21 Å². The molecule has 7 heavy (non-hydrogen) atoms. The lowest BCUT2D eigenvalue weighted by Crippen LogP contribution is -2.04. The predicted molar refractivity (Wildman–Crippen MR) is 26.0 cm³/mol. The maximum atomic E-state index is 7.86. The Bertz CT molecular complexity index is 88.2. The zero-order valence-electron chi connectivity index (χ0n) is 3.68. The first-order valence-corrected chi connectivity index (χ1v) is 1.67. The molecule has 4 heteroatoms. The highest BCUT2D eigenvalue weighted by molar-refractivity contribution is 5.73. The van der Waals surface area contributed by atoms with Gasteiger partial charge in [-0.05, 0) is 0 Å². The van der Waals surface area contributed by atoms with Crippen molar-refractivity contribution in [1.82, 2.24) is 5.48 Å². The summed E-state index contributed by atoms with van der Waals surface area (Å²) in [5.41, 5.74) is 6.84. The molecule has 0 aromatic carbocycles. The Kier molecular flexibility index (Phi) is 2.70. The highest BCUT2D eigenvalue weighted by Crippen LogP contribution is 1.66. The molecular weight excluding hydrogens is 94.1 g/mol. The molecule has 0 aliphatic carbocycles. The molecule has 0 aromatic heterocycles. The molecule has 40 valence electrons. The van der Waals surface area contributed by atoms with Crippen LogP contribution in [-0.4, -0.2) is 11.4 Å². The summed E-state index contributed by atoms with van der Waals surface area (Å²) in [5.74, 6) is 0. The van der Waals surface area contributed by atoms with Crippen LogP contribution in [0.15, 0.2) is 11.9 Å². The van der Waals surface area contributed by atoms with E-state index in [2.05, 4.69) is 0 Å². The maximum absolute atomic E-state index is 7.86. The van der Waals surface area contributed by atoms with E-state index >= 15 is 0 Å². The molecule has 0 radical (unpaired) electrons. The molecule has 0 aliphatic rings. The first-order chi connectivity index (χ1) is 3.31. The topological polar surface area (TPSA) is 82.1 Å². The van der Waals surface area contributed by atoms with Crippen LogP contribution >= 0.6 is 0 Å². The standard InChI is InChI=1S/C3H7N3O/c4-1-3(5)2-6-7/h1-2,4,6-7H,5H2/b3-2+,4-1?. The van der Waals surface area contributed by atoms with E-state index in [1.165, 1.54) is 0 Å². The minimum Gasteiger partial charge on any atom is -0.396 e. The van der Waals surface area contributed by atoms with Gasteiger partial charge >= 0.3 is 0 Å². The zero-order valence-corrected chi connectivity index (χ0v) is 3.68. The van der Waals surface area contributed by atoms with Crippen molar-refractivity contribution in [1.29, 1.82) is 5.41 Å². The Hall–Kier alpha value is -1.03. The monoisotopic (exact) mass is 101 g/mol. The summed E-state index contributed by atoms with van der Waals surface area (Å²) in [4.78, 5) is 0. The zero-order chi connectivity index (χ0) is 5.70. The smallest absolute Gasteiger partial charge is 0.0676 e. The van der Waals surface area contributed by atoms with E-state index in [0.717, 1.165) is 12.4 Å². The van der Waals surface area contributed by atoms with E-state index in [1.807, 2.05) is 0 Å². The highest BCUT2D eigenvalue weighted by Gasteiger charge is 1.73. The highest BCUT2D eigenvalue weighted by atomic mass is 16.5. The lowest BCUT2D eigenvalue weighted by atomic mass is 10.5. The number of allylic oxidation sites excluding steroid dienone is 1. The SMILES string of the molecule is N=C/C(N)=C\NO. The van der Waals surface area contributed by atoms with Crippen molar-refractivity contribution in [3.05, 3.63) is 11.9 Å². The van der Waals surface area contributed by atoms with Gasteiger partial charge in [-0.25, -0.2) is 0 Å². The molecule has 0 heterocycles. The third-order valence-electron chi connectivity index (χ3n) is 0.398. The van der Waals surface area contributed by atoms with Crippen molar-refractivity contribution in [2.75, 3.05) is 0 Å². The maximum Gasteiger partial charge on any atom is 0.0676 e. The van der Waals surface area contributed by atoms with Gasteiger partial charge in [0.1, 0.15) is 0 Å². The largest absolute Gasteiger partial charge is 0.396 e.